The second-order valence-electron chi connectivity index (χ2n) is 4.73. The predicted molar refractivity (Wildman–Crippen MR) is 95.8 cm³/mol. The van der Waals surface area contributed by atoms with Crippen LogP contribution in [-0.2, 0) is 4.79 Å². The highest BCUT2D eigenvalue weighted by atomic mass is 35.5. The molecule has 5 nitrogen and oxygen atoms in total. The first-order chi connectivity index (χ1) is 11.6. The minimum absolute atomic E-state index is 0.332. The van der Waals surface area contributed by atoms with Gasteiger partial charge >= 0.3 is 0 Å². The Labute approximate surface area is 145 Å². The molecule has 0 aliphatic rings. The monoisotopic (exact) mass is 344 g/mol. The van der Waals surface area contributed by atoms with Crippen LogP contribution in [0.4, 0.5) is 0 Å². The van der Waals surface area contributed by atoms with Gasteiger partial charge in [0, 0.05) is 11.1 Å². The first-order valence-corrected chi connectivity index (χ1v) is 7.49. The number of carbonyl (C=O) groups is 1. The van der Waals surface area contributed by atoms with Gasteiger partial charge in [-0.1, -0.05) is 23.7 Å². The molecule has 6 heteroatoms. The van der Waals surface area contributed by atoms with E-state index in [1.165, 1.54) is 12.3 Å². The number of hydrazone groups is 1. The van der Waals surface area contributed by atoms with Crippen LogP contribution >= 0.6 is 11.6 Å². The van der Waals surface area contributed by atoms with Crippen LogP contribution in [0.25, 0.3) is 6.08 Å². The number of hydrogen-bond donors (Lipinski definition) is 1. The average molecular weight is 345 g/mol. The zero-order valence-electron chi connectivity index (χ0n) is 13.3. The molecule has 0 spiro atoms. The third-order valence-corrected chi connectivity index (χ3v) is 3.35. The molecule has 0 bridgehead atoms. The van der Waals surface area contributed by atoms with Gasteiger partial charge in [0.05, 0.1) is 20.4 Å². The molecular formula is C18H17ClN2O3. The van der Waals surface area contributed by atoms with Crippen molar-refractivity contribution >= 4 is 29.8 Å². The Hall–Kier alpha value is -2.79. The zero-order chi connectivity index (χ0) is 17.4. The molecule has 0 atom stereocenters. The van der Waals surface area contributed by atoms with Crippen molar-refractivity contribution in [1.29, 1.82) is 0 Å². The van der Waals surface area contributed by atoms with Gasteiger partial charge in [-0.3, -0.25) is 4.79 Å². The Balaban J connectivity index is 1.93. The molecular weight excluding hydrogens is 328 g/mol. The summed E-state index contributed by atoms with van der Waals surface area (Å²) in [7, 11) is 3.13. The Morgan fingerprint density at radius 2 is 1.71 bits per heavy atom. The Bertz CT molecular complexity index is 755. The number of halogens is 1. The van der Waals surface area contributed by atoms with E-state index in [1.54, 1.807) is 50.6 Å². The van der Waals surface area contributed by atoms with Crippen LogP contribution in [0.15, 0.2) is 53.6 Å². The smallest absolute Gasteiger partial charge is 0.264 e. The van der Waals surface area contributed by atoms with Crippen molar-refractivity contribution in [3.63, 3.8) is 0 Å². The summed E-state index contributed by atoms with van der Waals surface area (Å²) in [4.78, 5) is 11.7. The van der Waals surface area contributed by atoms with Crippen molar-refractivity contribution in [2.75, 3.05) is 14.2 Å². The highest BCUT2D eigenvalue weighted by Crippen LogP contribution is 2.26. The van der Waals surface area contributed by atoms with E-state index in [2.05, 4.69) is 10.5 Å². The number of benzene rings is 2. The molecule has 0 aliphatic heterocycles. The summed E-state index contributed by atoms with van der Waals surface area (Å²) >= 11 is 5.80. The van der Waals surface area contributed by atoms with Crippen molar-refractivity contribution in [1.82, 2.24) is 5.43 Å². The Morgan fingerprint density at radius 1 is 1.04 bits per heavy atom. The predicted octanol–water partition coefficient (Wildman–Crippen LogP) is 3.52. The number of amides is 1. The van der Waals surface area contributed by atoms with E-state index in [0.717, 1.165) is 11.1 Å². The molecule has 0 saturated carbocycles. The lowest BCUT2D eigenvalue weighted by atomic mass is 10.2. The van der Waals surface area contributed by atoms with Crippen molar-refractivity contribution in [2.45, 2.75) is 0 Å². The highest BCUT2D eigenvalue weighted by Gasteiger charge is 2.03. The summed E-state index contributed by atoms with van der Waals surface area (Å²) in [6.45, 7) is 0. The molecule has 0 heterocycles. The quantitative estimate of drug-likeness (QED) is 0.495. The average Bonchev–Trinajstić information content (AvgIpc) is 2.61. The molecule has 2 rings (SSSR count). The number of nitrogens with zero attached hydrogens (tertiary/aromatic N) is 1. The van der Waals surface area contributed by atoms with E-state index in [1.807, 2.05) is 12.1 Å². The van der Waals surface area contributed by atoms with Gasteiger partial charge in [-0.2, -0.15) is 5.10 Å². The van der Waals surface area contributed by atoms with Crippen LogP contribution in [0, 0.1) is 0 Å². The molecule has 2 aromatic carbocycles. The number of rotatable bonds is 6. The van der Waals surface area contributed by atoms with E-state index in [4.69, 9.17) is 21.1 Å². The normalized spacial score (nSPS) is 11.0. The van der Waals surface area contributed by atoms with Crippen LogP contribution in [-0.4, -0.2) is 26.3 Å². The topological polar surface area (TPSA) is 59.9 Å². The fraction of sp³-hybridized carbons (Fsp3) is 0.111. The van der Waals surface area contributed by atoms with Crippen LogP contribution in [0.2, 0.25) is 5.02 Å². The lowest BCUT2D eigenvalue weighted by Gasteiger charge is -2.07. The van der Waals surface area contributed by atoms with Gasteiger partial charge in [-0.15, -0.1) is 0 Å². The number of hydrogen-bond acceptors (Lipinski definition) is 4. The maximum Gasteiger partial charge on any atom is 0.264 e. The molecule has 0 fully saturated rings. The maximum absolute atomic E-state index is 11.7. The maximum atomic E-state index is 11.7. The summed E-state index contributed by atoms with van der Waals surface area (Å²) in [5.74, 6) is 0.890. The first-order valence-electron chi connectivity index (χ1n) is 7.11. The summed E-state index contributed by atoms with van der Waals surface area (Å²) in [6, 6.07) is 12.5. The van der Waals surface area contributed by atoms with Gasteiger partial charge in [0.2, 0.25) is 0 Å². The summed E-state index contributed by atoms with van der Waals surface area (Å²) in [6.07, 6.45) is 4.60. The highest BCUT2D eigenvalue weighted by molar-refractivity contribution is 6.30. The van der Waals surface area contributed by atoms with E-state index in [9.17, 15) is 4.79 Å². The van der Waals surface area contributed by atoms with Gasteiger partial charge in [0.25, 0.3) is 5.91 Å². The van der Waals surface area contributed by atoms with Gasteiger partial charge in [0.1, 0.15) is 0 Å². The number of carbonyl (C=O) groups excluding carboxylic acids is 1. The molecule has 0 radical (unpaired) electrons. The Kier molecular flexibility index (Phi) is 6.40. The lowest BCUT2D eigenvalue weighted by Crippen LogP contribution is -2.14. The van der Waals surface area contributed by atoms with E-state index in [0.29, 0.717) is 16.5 Å². The Morgan fingerprint density at radius 3 is 2.38 bits per heavy atom. The van der Waals surface area contributed by atoms with Crippen LogP contribution < -0.4 is 14.9 Å². The SMILES string of the molecule is COc1ccc(/C=N\NC(=O)/C=C/c2ccc(Cl)cc2)cc1OC. The molecule has 1 amide bonds. The third kappa shape index (κ3) is 5.14. The van der Waals surface area contributed by atoms with E-state index in [-0.39, 0.29) is 5.91 Å². The fourth-order valence-corrected chi connectivity index (χ4v) is 2.01. The van der Waals surface area contributed by atoms with Crippen molar-refractivity contribution in [2.24, 2.45) is 5.10 Å². The van der Waals surface area contributed by atoms with Gasteiger partial charge in [-0.05, 0) is 47.5 Å². The van der Waals surface area contributed by atoms with Gasteiger partial charge in [0.15, 0.2) is 11.5 Å². The largest absolute Gasteiger partial charge is 0.493 e. The molecule has 24 heavy (non-hydrogen) atoms. The van der Waals surface area contributed by atoms with Gasteiger partial charge < -0.3 is 9.47 Å². The second-order valence-corrected chi connectivity index (χ2v) is 5.17. The molecule has 0 aliphatic carbocycles. The lowest BCUT2D eigenvalue weighted by molar-refractivity contribution is -0.116. The van der Waals surface area contributed by atoms with Crippen molar-refractivity contribution < 1.29 is 14.3 Å². The summed E-state index contributed by atoms with van der Waals surface area (Å²) in [5, 5.41) is 4.55. The standard InChI is InChI=1S/C18H17ClN2O3/c1-23-16-9-5-14(11-17(16)24-2)12-20-21-18(22)10-6-13-3-7-15(19)8-4-13/h3-12H,1-2H3,(H,21,22)/b10-6+,20-12-. The number of ether oxygens (including phenoxy) is 2. The third-order valence-electron chi connectivity index (χ3n) is 3.09. The molecule has 0 saturated heterocycles. The molecule has 0 aromatic heterocycles. The van der Waals surface area contributed by atoms with Crippen LogP contribution in [0.1, 0.15) is 11.1 Å². The van der Waals surface area contributed by atoms with E-state index >= 15 is 0 Å². The number of methoxy groups -OCH3 is 2. The molecule has 1 N–H and O–H groups in total. The summed E-state index contributed by atoms with van der Waals surface area (Å²) in [5.41, 5.74) is 4.07. The minimum Gasteiger partial charge on any atom is -0.493 e. The van der Waals surface area contributed by atoms with Crippen LogP contribution in [0.5, 0.6) is 11.5 Å². The second kappa shape index (κ2) is 8.74. The number of nitrogens with one attached hydrogen (secondary N) is 1. The fourth-order valence-electron chi connectivity index (χ4n) is 1.89. The molecule has 2 aromatic rings. The molecule has 0 unspecified atom stereocenters. The van der Waals surface area contributed by atoms with Gasteiger partial charge in [-0.25, -0.2) is 5.43 Å². The van der Waals surface area contributed by atoms with E-state index < -0.39 is 0 Å². The van der Waals surface area contributed by atoms with Crippen LogP contribution in [0.3, 0.4) is 0 Å². The minimum atomic E-state index is -0.332. The summed E-state index contributed by atoms with van der Waals surface area (Å²) < 4.78 is 10.4. The van der Waals surface area contributed by atoms with Crippen molar-refractivity contribution in [3.05, 3.63) is 64.7 Å². The van der Waals surface area contributed by atoms with Crippen molar-refractivity contribution in [3.8, 4) is 11.5 Å². The zero-order valence-corrected chi connectivity index (χ0v) is 14.1. The molecule has 124 valence electrons. The first kappa shape index (κ1) is 17.6.